The minimum absolute atomic E-state index is 0.374. The van der Waals surface area contributed by atoms with Gasteiger partial charge in [-0.2, -0.15) is 5.26 Å². The molecule has 0 aliphatic carbocycles. The molecule has 0 heterocycles. The molecule has 1 N–H and O–H groups in total. The van der Waals surface area contributed by atoms with E-state index < -0.39 is 11.7 Å². The van der Waals surface area contributed by atoms with E-state index in [-0.39, 0.29) is 0 Å². The van der Waals surface area contributed by atoms with Gasteiger partial charge in [0.15, 0.2) is 0 Å². The molecular formula is C14H22N2O2. The Bertz CT molecular complexity index is 344. The first-order valence-electron chi connectivity index (χ1n) is 5.51. The van der Waals surface area contributed by atoms with Crippen molar-refractivity contribution in [3.8, 4) is 6.07 Å². The number of rotatable bonds is 4. The Hall–Kier alpha value is -2.02. The van der Waals surface area contributed by atoms with Gasteiger partial charge in [-0.15, -0.1) is 0 Å². The van der Waals surface area contributed by atoms with Crippen molar-refractivity contribution >= 4 is 6.09 Å². The smallest absolute Gasteiger partial charge is 0.407 e. The van der Waals surface area contributed by atoms with Gasteiger partial charge < -0.3 is 10.1 Å². The van der Waals surface area contributed by atoms with Crippen molar-refractivity contribution in [2.75, 3.05) is 6.54 Å². The summed E-state index contributed by atoms with van der Waals surface area (Å²) in [6.07, 6.45) is 4.76. The van der Waals surface area contributed by atoms with Gasteiger partial charge in [0, 0.05) is 13.5 Å². The lowest BCUT2D eigenvalue weighted by Crippen LogP contribution is -2.33. The number of nitriles is 1. The number of amides is 1. The Kier molecular flexibility index (Phi) is 10.4. The molecule has 0 bridgehead atoms. The summed E-state index contributed by atoms with van der Waals surface area (Å²) in [4.78, 5) is 11.2. The second-order valence-electron chi connectivity index (χ2n) is 4.33. The molecule has 0 aromatic carbocycles. The number of alkyl carbamates (subject to hydrolysis) is 1. The molecule has 100 valence electrons. The molecule has 0 aromatic heterocycles. The minimum atomic E-state index is -0.470. The number of ether oxygens (including phenoxy) is 1. The van der Waals surface area contributed by atoms with Crippen LogP contribution in [0.5, 0.6) is 0 Å². The zero-order valence-electron chi connectivity index (χ0n) is 11.6. The van der Waals surface area contributed by atoms with Crippen molar-refractivity contribution < 1.29 is 9.53 Å². The Morgan fingerprint density at radius 3 is 2.39 bits per heavy atom. The lowest BCUT2D eigenvalue weighted by atomic mass is 10.2. The van der Waals surface area contributed by atoms with Crippen molar-refractivity contribution in [1.29, 1.82) is 5.26 Å². The van der Waals surface area contributed by atoms with E-state index in [1.807, 2.05) is 20.8 Å². The van der Waals surface area contributed by atoms with Crippen LogP contribution in [-0.2, 0) is 4.74 Å². The quantitative estimate of drug-likeness (QED) is 0.778. The summed E-state index contributed by atoms with van der Waals surface area (Å²) in [7, 11) is 0. The maximum atomic E-state index is 11.2. The van der Waals surface area contributed by atoms with Crippen molar-refractivity contribution in [3.05, 3.63) is 37.0 Å². The molecule has 0 aromatic rings. The summed E-state index contributed by atoms with van der Waals surface area (Å²) >= 11 is 0. The number of hydrogen-bond donors (Lipinski definition) is 1. The van der Waals surface area contributed by atoms with Crippen molar-refractivity contribution in [2.24, 2.45) is 0 Å². The summed E-state index contributed by atoms with van der Waals surface area (Å²) in [5, 5.41) is 9.92. The van der Waals surface area contributed by atoms with Crippen molar-refractivity contribution in [1.82, 2.24) is 5.32 Å². The van der Waals surface area contributed by atoms with Crippen LogP contribution < -0.4 is 5.32 Å². The van der Waals surface area contributed by atoms with E-state index in [1.165, 1.54) is 6.92 Å². The first-order chi connectivity index (χ1) is 8.26. The maximum absolute atomic E-state index is 11.2. The monoisotopic (exact) mass is 250 g/mol. The Labute approximate surface area is 110 Å². The Balaban J connectivity index is 0. The number of allylic oxidation sites excluding steroid dienone is 2. The summed E-state index contributed by atoms with van der Waals surface area (Å²) in [6, 6.07) is 1.75. The van der Waals surface area contributed by atoms with Gasteiger partial charge >= 0.3 is 6.09 Å². The number of carbonyl (C=O) groups excluding carboxylic acids is 1. The van der Waals surface area contributed by atoms with Gasteiger partial charge in [0.2, 0.25) is 0 Å². The zero-order valence-corrected chi connectivity index (χ0v) is 11.6. The molecule has 0 atom stereocenters. The van der Waals surface area contributed by atoms with Gasteiger partial charge in [-0.1, -0.05) is 31.4 Å². The van der Waals surface area contributed by atoms with Crippen LogP contribution in [0.2, 0.25) is 0 Å². The predicted octanol–water partition coefficient (Wildman–Crippen LogP) is 3.34. The van der Waals surface area contributed by atoms with Gasteiger partial charge in [0.05, 0.1) is 6.07 Å². The summed E-state index contributed by atoms with van der Waals surface area (Å²) < 4.78 is 5.06. The third-order valence-electron chi connectivity index (χ3n) is 1.33. The van der Waals surface area contributed by atoms with E-state index >= 15 is 0 Å². The van der Waals surface area contributed by atoms with Gasteiger partial charge in [-0.05, 0) is 26.3 Å². The van der Waals surface area contributed by atoms with E-state index in [4.69, 9.17) is 10.00 Å². The highest BCUT2D eigenvalue weighted by Crippen LogP contribution is 2.06. The van der Waals surface area contributed by atoms with E-state index in [9.17, 15) is 4.79 Å². The van der Waals surface area contributed by atoms with Crippen LogP contribution in [-0.4, -0.2) is 18.2 Å². The van der Waals surface area contributed by atoms with Gasteiger partial charge in [-0.25, -0.2) is 4.79 Å². The lowest BCUT2D eigenvalue weighted by Gasteiger charge is -2.19. The van der Waals surface area contributed by atoms with Gasteiger partial charge in [-0.3, -0.25) is 0 Å². The standard InChI is InChI=1S/C12H19NO2.C2H3N/c1-6-7-8-10(2)9-13-11(14)15-12(3,4)5;1-2-3/h6-8H,1-2,9H2,3-5H3,(H,13,14);1H3/b8-7-;. The topological polar surface area (TPSA) is 62.1 Å². The molecule has 0 unspecified atom stereocenters. The third kappa shape index (κ3) is 16.4. The van der Waals surface area contributed by atoms with E-state index in [0.29, 0.717) is 6.54 Å². The predicted molar refractivity (Wildman–Crippen MR) is 74.0 cm³/mol. The molecule has 0 aliphatic heterocycles. The van der Waals surface area contributed by atoms with Crippen molar-refractivity contribution in [2.45, 2.75) is 33.3 Å². The van der Waals surface area contributed by atoms with E-state index in [1.54, 1.807) is 24.3 Å². The first-order valence-corrected chi connectivity index (χ1v) is 5.51. The molecule has 4 nitrogen and oxygen atoms in total. The number of hydrogen-bond acceptors (Lipinski definition) is 3. The second kappa shape index (κ2) is 10.2. The molecule has 1 amide bonds. The molecule has 0 fully saturated rings. The SMILES string of the molecule is C=C/C=C\C(=C)CNC(=O)OC(C)(C)C.CC#N. The fourth-order valence-electron chi connectivity index (χ4n) is 0.763. The van der Waals surface area contributed by atoms with Crippen LogP contribution in [0.1, 0.15) is 27.7 Å². The molecule has 0 aliphatic rings. The minimum Gasteiger partial charge on any atom is -0.444 e. The average Bonchev–Trinajstić information content (AvgIpc) is 2.22. The number of nitrogens with one attached hydrogen (secondary N) is 1. The molecule has 4 heteroatoms. The summed E-state index contributed by atoms with van der Waals surface area (Å²) in [6.45, 7) is 14.6. The van der Waals surface area contributed by atoms with Crippen LogP contribution in [0.3, 0.4) is 0 Å². The molecule has 0 rings (SSSR count). The van der Waals surface area contributed by atoms with Gasteiger partial charge in [0.1, 0.15) is 5.60 Å². The van der Waals surface area contributed by atoms with Gasteiger partial charge in [0.25, 0.3) is 0 Å². The number of carbonyl (C=O) groups is 1. The van der Waals surface area contributed by atoms with Crippen LogP contribution >= 0.6 is 0 Å². The first kappa shape index (κ1) is 18.3. The Morgan fingerprint density at radius 1 is 1.50 bits per heavy atom. The normalized spacial score (nSPS) is 9.72. The molecule has 0 radical (unpaired) electrons. The highest BCUT2D eigenvalue weighted by atomic mass is 16.6. The zero-order chi connectivity index (χ0) is 14.6. The molecule has 0 saturated carbocycles. The van der Waals surface area contributed by atoms with E-state index in [0.717, 1.165) is 5.57 Å². The Morgan fingerprint density at radius 2 is 2.00 bits per heavy atom. The molecular weight excluding hydrogens is 228 g/mol. The summed E-state index contributed by atoms with van der Waals surface area (Å²) in [5.74, 6) is 0. The van der Waals surface area contributed by atoms with Crippen LogP contribution in [0.4, 0.5) is 4.79 Å². The summed E-state index contributed by atoms with van der Waals surface area (Å²) in [5.41, 5.74) is 0.323. The maximum Gasteiger partial charge on any atom is 0.407 e. The number of nitrogens with zero attached hydrogens (tertiary/aromatic N) is 1. The largest absolute Gasteiger partial charge is 0.444 e. The van der Waals surface area contributed by atoms with E-state index in [2.05, 4.69) is 18.5 Å². The highest BCUT2D eigenvalue weighted by Gasteiger charge is 2.15. The molecule has 0 spiro atoms. The average molecular weight is 250 g/mol. The van der Waals surface area contributed by atoms with Crippen molar-refractivity contribution in [3.63, 3.8) is 0 Å². The lowest BCUT2D eigenvalue weighted by molar-refractivity contribution is 0.0533. The van der Waals surface area contributed by atoms with Crippen LogP contribution in [0, 0.1) is 11.3 Å². The highest BCUT2D eigenvalue weighted by molar-refractivity contribution is 5.68. The van der Waals surface area contributed by atoms with Crippen LogP contribution in [0.25, 0.3) is 0 Å². The third-order valence-corrected chi connectivity index (χ3v) is 1.33. The second-order valence-corrected chi connectivity index (χ2v) is 4.33. The van der Waals surface area contributed by atoms with Crippen LogP contribution in [0.15, 0.2) is 37.0 Å². The molecule has 0 saturated heterocycles. The molecule has 18 heavy (non-hydrogen) atoms. The fourth-order valence-corrected chi connectivity index (χ4v) is 0.763. The fraction of sp³-hybridized carbons (Fsp3) is 0.429.